The highest BCUT2D eigenvalue weighted by molar-refractivity contribution is 7.89. The SMILES string of the molecule is Cc1cccc(S(=O)(=O)N2CCN(c3ccccc3F)CC2)c1. The normalized spacial score (nSPS) is 16.5. The lowest BCUT2D eigenvalue weighted by Crippen LogP contribution is -2.48. The quantitative estimate of drug-likeness (QED) is 0.866. The predicted octanol–water partition coefficient (Wildman–Crippen LogP) is 2.65. The topological polar surface area (TPSA) is 40.6 Å². The number of nitrogens with zero attached hydrogens (tertiary/aromatic N) is 2. The highest BCUT2D eigenvalue weighted by atomic mass is 32.2. The zero-order chi connectivity index (χ0) is 16.4. The zero-order valence-electron chi connectivity index (χ0n) is 12.9. The third-order valence-corrected chi connectivity index (χ3v) is 5.95. The van der Waals surface area contributed by atoms with Gasteiger partial charge < -0.3 is 4.90 Å². The summed E-state index contributed by atoms with van der Waals surface area (Å²) in [6.45, 7) is 3.53. The van der Waals surface area contributed by atoms with Crippen LogP contribution in [0.25, 0.3) is 0 Å². The molecule has 6 heteroatoms. The Balaban J connectivity index is 1.75. The number of para-hydroxylation sites is 1. The van der Waals surface area contributed by atoms with E-state index >= 15 is 0 Å². The van der Waals surface area contributed by atoms with Crippen LogP contribution in [0.1, 0.15) is 5.56 Å². The van der Waals surface area contributed by atoms with Gasteiger partial charge in [0.25, 0.3) is 0 Å². The summed E-state index contributed by atoms with van der Waals surface area (Å²) in [5, 5.41) is 0. The molecule has 0 unspecified atom stereocenters. The van der Waals surface area contributed by atoms with Crippen LogP contribution in [-0.2, 0) is 10.0 Å². The first kappa shape index (κ1) is 16.0. The Kier molecular flexibility index (Phi) is 4.37. The van der Waals surface area contributed by atoms with Crippen LogP contribution in [0.4, 0.5) is 10.1 Å². The molecule has 0 spiro atoms. The number of hydrogen-bond acceptors (Lipinski definition) is 3. The molecule has 0 atom stereocenters. The second-order valence-corrected chi connectivity index (χ2v) is 7.60. The van der Waals surface area contributed by atoms with Crippen LogP contribution in [0, 0.1) is 12.7 Å². The fraction of sp³-hybridized carbons (Fsp3) is 0.294. The van der Waals surface area contributed by atoms with E-state index in [1.54, 1.807) is 36.4 Å². The van der Waals surface area contributed by atoms with E-state index in [1.807, 2.05) is 17.9 Å². The van der Waals surface area contributed by atoms with Crippen molar-refractivity contribution in [2.75, 3.05) is 31.1 Å². The smallest absolute Gasteiger partial charge is 0.243 e. The molecule has 4 nitrogen and oxygen atoms in total. The molecule has 2 aromatic carbocycles. The molecule has 0 aliphatic carbocycles. The van der Waals surface area contributed by atoms with E-state index in [-0.39, 0.29) is 5.82 Å². The lowest BCUT2D eigenvalue weighted by molar-refractivity contribution is 0.383. The summed E-state index contributed by atoms with van der Waals surface area (Å²) in [5.41, 5.74) is 1.44. The second kappa shape index (κ2) is 6.29. The van der Waals surface area contributed by atoms with E-state index < -0.39 is 10.0 Å². The van der Waals surface area contributed by atoms with Crippen molar-refractivity contribution in [1.29, 1.82) is 0 Å². The first-order valence-corrected chi connectivity index (χ1v) is 8.99. The van der Waals surface area contributed by atoms with Gasteiger partial charge in [-0.05, 0) is 36.8 Å². The Morgan fingerprint density at radius 1 is 0.957 bits per heavy atom. The highest BCUT2D eigenvalue weighted by Gasteiger charge is 2.29. The summed E-state index contributed by atoms with van der Waals surface area (Å²) in [6, 6.07) is 13.5. The molecule has 1 heterocycles. The summed E-state index contributed by atoms with van der Waals surface area (Å²) in [6.07, 6.45) is 0. The minimum absolute atomic E-state index is 0.275. The number of rotatable bonds is 3. The third-order valence-electron chi connectivity index (χ3n) is 4.06. The van der Waals surface area contributed by atoms with Crippen molar-refractivity contribution in [2.45, 2.75) is 11.8 Å². The van der Waals surface area contributed by atoms with Crippen molar-refractivity contribution >= 4 is 15.7 Å². The molecule has 3 rings (SSSR count). The van der Waals surface area contributed by atoms with Crippen LogP contribution in [0.2, 0.25) is 0 Å². The van der Waals surface area contributed by atoms with E-state index in [9.17, 15) is 12.8 Å². The Labute approximate surface area is 136 Å². The Bertz CT molecular complexity index is 800. The van der Waals surface area contributed by atoms with E-state index in [2.05, 4.69) is 0 Å². The van der Waals surface area contributed by atoms with Gasteiger partial charge in [-0.25, -0.2) is 12.8 Å². The minimum Gasteiger partial charge on any atom is -0.367 e. The van der Waals surface area contributed by atoms with Crippen LogP contribution < -0.4 is 4.90 Å². The number of hydrogen-bond donors (Lipinski definition) is 0. The lowest BCUT2D eigenvalue weighted by atomic mass is 10.2. The largest absolute Gasteiger partial charge is 0.367 e. The molecular formula is C17H19FN2O2S. The Morgan fingerprint density at radius 3 is 2.30 bits per heavy atom. The molecule has 0 bridgehead atoms. The van der Waals surface area contributed by atoms with Crippen molar-refractivity contribution < 1.29 is 12.8 Å². The molecule has 0 aromatic heterocycles. The van der Waals surface area contributed by atoms with Gasteiger partial charge in [-0.2, -0.15) is 4.31 Å². The molecule has 0 amide bonds. The monoisotopic (exact) mass is 334 g/mol. The van der Waals surface area contributed by atoms with Crippen LogP contribution in [0.5, 0.6) is 0 Å². The third kappa shape index (κ3) is 3.23. The standard InChI is InChI=1S/C17H19FN2O2S/c1-14-5-4-6-15(13-14)23(21,22)20-11-9-19(10-12-20)17-8-3-2-7-16(17)18/h2-8,13H,9-12H2,1H3. The first-order chi connectivity index (χ1) is 11.0. The molecule has 122 valence electrons. The van der Waals surface area contributed by atoms with Crippen LogP contribution in [0.3, 0.4) is 0 Å². The molecular weight excluding hydrogens is 315 g/mol. The van der Waals surface area contributed by atoms with Gasteiger partial charge in [0, 0.05) is 26.2 Å². The molecule has 2 aromatic rings. The lowest BCUT2D eigenvalue weighted by Gasteiger charge is -2.35. The number of benzene rings is 2. The van der Waals surface area contributed by atoms with Gasteiger partial charge in [0.1, 0.15) is 5.82 Å². The van der Waals surface area contributed by atoms with Gasteiger partial charge in [-0.3, -0.25) is 0 Å². The maximum Gasteiger partial charge on any atom is 0.243 e. The molecule has 1 saturated heterocycles. The van der Waals surface area contributed by atoms with Gasteiger partial charge in [-0.15, -0.1) is 0 Å². The van der Waals surface area contributed by atoms with Gasteiger partial charge in [0.15, 0.2) is 0 Å². The van der Waals surface area contributed by atoms with Crippen LogP contribution in [0.15, 0.2) is 53.4 Å². The molecule has 1 fully saturated rings. The maximum atomic E-state index is 13.8. The fourth-order valence-electron chi connectivity index (χ4n) is 2.80. The van der Waals surface area contributed by atoms with E-state index in [0.717, 1.165) is 5.56 Å². The fourth-order valence-corrected chi connectivity index (χ4v) is 4.33. The molecule has 0 N–H and O–H groups in total. The summed E-state index contributed by atoms with van der Waals surface area (Å²) in [5.74, 6) is -0.275. The molecule has 0 radical (unpaired) electrons. The van der Waals surface area contributed by atoms with Crippen molar-refractivity contribution in [1.82, 2.24) is 4.31 Å². The second-order valence-electron chi connectivity index (χ2n) is 5.66. The van der Waals surface area contributed by atoms with E-state index in [0.29, 0.717) is 36.8 Å². The molecule has 1 aliphatic rings. The predicted molar refractivity (Wildman–Crippen MR) is 88.6 cm³/mol. The minimum atomic E-state index is -3.49. The summed E-state index contributed by atoms with van der Waals surface area (Å²) in [7, 11) is -3.49. The van der Waals surface area contributed by atoms with Crippen molar-refractivity contribution in [2.24, 2.45) is 0 Å². The first-order valence-electron chi connectivity index (χ1n) is 7.55. The number of anilines is 1. The molecule has 1 aliphatic heterocycles. The summed E-state index contributed by atoms with van der Waals surface area (Å²) in [4.78, 5) is 2.20. The molecule has 0 saturated carbocycles. The summed E-state index contributed by atoms with van der Waals surface area (Å²) < 4.78 is 40.7. The number of halogens is 1. The number of piperazine rings is 1. The van der Waals surface area contributed by atoms with Crippen molar-refractivity contribution in [3.05, 3.63) is 59.9 Å². The van der Waals surface area contributed by atoms with Crippen molar-refractivity contribution in [3.8, 4) is 0 Å². The summed E-state index contributed by atoms with van der Waals surface area (Å²) >= 11 is 0. The van der Waals surface area contributed by atoms with Crippen LogP contribution in [-0.4, -0.2) is 38.9 Å². The Hall–Kier alpha value is -1.92. The number of sulfonamides is 1. The van der Waals surface area contributed by atoms with Gasteiger partial charge in [-0.1, -0.05) is 24.3 Å². The Morgan fingerprint density at radius 2 is 1.65 bits per heavy atom. The van der Waals surface area contributed by atoms with Crippen LogP contribution >= 0.6 is 0 Å². The number of aryl methyl sites for hydroxylation is 1. The van der Waals surface area contributed by atoms with E-state index in [1.165, 1.54) is 10.4 Å². The van der Waals surface area contributed by atoms with Gasteiger partial charge in [0.05, 0.1) is 10.6 Å². The van der Waals surface area contributed by atoms with Gasteiger partial charge >= 0.3 is 0 Å². The average molecular weight is 334 g/mol. The van der Waals surface area contributed by atoms with E-state index in [4.69, 9.17) is 0 Å². The maximum absolute atomic E-state index is 13.8. The van der Waals surface area contributed by atoms with Gasteiger partial charge in [0.2, 0.25) is 10.0 Å². The molecule has 23 heavy (non-hydrogen) atoms. The average Bonchev–Trinajstić information content (AvgIpc) is 2.55. The highest BCUT2D eigenvalue weighted by Crippen LogP contribution is 2.23. The van der Waals surface area contributed by atoms with Crippen molar-refractivity contribution in [3.63, 3.8) is 0 Å². The zero-order valence-corrected chi connectivity index (χ0v) is 13.8.